The van der Waals surface area contributed by atoms with E-state index in [9.17, 15) is 4.79 Å². The van der Waals surface area contributed by atoms with E-state index in [-0.39, 0.29) is 11.8 Å². The van der Waals surface area contributed by atoms with Crippen molar-refractivity contribution in [3.63, 3.8) is 0 Å². The molecule has 0 saturated carbocycles. The van der Waals surface area contributed by atoms with Crippen LogP contribution in [0, 0.1) is 5.92 Å². The van der Waals surface area contributed by atoms with E-state index in [0.717, 1.165) is 5.56 Å². The number of carbonyl (C=O) groups excluding carboxylic acids is 1. The monoisotopic (exact) mass is 276 g/mol. The molecule has 1 atom stereocenters. The number of nitrogens with two attached hydrogens (primary N) is 1. The fourth-order valence-electron chi connectivity index (χ4n) is 1.49. The zero-order valence-electron chi connectivity index (χ0n) is 9.61. The minimum Gasteiger partial charge on any atom is -0.440 e. The first-order valence-electron chi connectivity index (χ1n) is 5.12. The predicted octanol–water partition coefficient (Wildman–Crippen LogP) is 3.27. The first-order chi connectivity index (χ1) is 7.95. The van der Waals surface area contributed by atoms with Gasteiger partial charge in [0.1, 0.15) is 6.10 Å². The Morgan fingerprint density at radius 1 is 1.59 bits per heavy atom. The number of pyridine rings is 1. The molecule has 17 heavy (non-hydrogen) atoms. The summed E-state index contributed by atoms with van der Waals surface area (Å²) in [6.07, 6.45) is 0.145. The van der Waals surface area contributed by atoms with E-state index in [1.54, 1.807) is 6.07 Å². The summed E-state index contributed by atoms with van der Waals surface area (Å²) in [5, 5.41) is 0.492. The van der Waals surface area contributed by atoms with E-state index in [0.29, 0.717) is 10.7 Å². The van der Waals surface area contributed by atoms with Gasteiger partial charge in [0.25, 0.3) is 0 Å². The Morgan fingerprint density at radius 3 is 2.71 bits per heavy atom. The lowest BCUT2D eigenvalue weighted by Gasteiger charge is -2.21. The number of rotatable bonds is 4. The van der Waals surface area contributed by atoms with Crippen molar-refractivity contribution >= 4 is 29.3 Å². The van der Waals surface area contributed by atoms with Crippen molar-refractivity contribution in [2.45, 2.75) is 25.8 Å². The Bertz CT molecular complexity index is 410. The molecule has 0 aliphatic carbocycles. The maximum Gasteiger partial charge on any atom is 0.405 e. The van der Waals surface area contributed by atoms with Gasteiger partial charge in [0.05, 0.1) is 10.7 Å². The van der Waals surface area contributed by atoms with Gasteiger partial charge in [-0.2, -0.15) is 0 Å². The molecule has 1 aromatic heterocycles. The Hall–Kier alpha value is -1.000. The van der Waals surface area contributed by atoms with Gasteiger partial charge in [0.2, 0.25) is 0 Å². The molecule has 94 valence electrons. The number of aromatic nitrogens is 1. The lowest BCUT2D eigenvalue weighted by Crippen LogP contribution is -2.22. The van der Waals surface area contributed by atoms with Gasteiger partial charge in [-0.3, -0.25) is 4.98 Å². The number of carbonyl (C=O) groups is 1. The molecule has 1 rings (SSSR count). The molecule has 0 radical (unpaired) electrons. The number of nitrogens with zero attached hydrogens (tertiary/aromatic N) is 1. The van der Waals surface area contributed by atoms with E-state index in [2.05, 4.69) is 4.98 Å². The molecule has 0 aliphatic heterocycles. The van der Waals surface area contributed by atoms with Crippen LogP contribution in [0.4, 0.5) is 4.79 Å². The standard InChI is InChI=1S/C11H14Cl2N2O2/c1-6(2)10(17-11(14)16)9-7(4-12)3-8(13)5-15-9/h3,5-6,10H,4H2,1-2H3,(H2,14,16). The van der Waals surface area contributed by atoms with E-state index >= 15 is 0 Å². The average molecular weight is 277 g/mol. The highest BCUT2D eigenvalue weighted by atomic mass is 35.5. The molecule has 0 aliphatic rings. The molecule has 1 unspecified atom stereocenters. The summed E-state index contributed by atoms with van der Waals surface area (Å²) in [6, 6.07) is 1.70. The smallest absolute Gasteiger partial charge is 0.405 e. The first kappa shape index (κ1) is 14.1. The summed E-state index contributed by atoms with van der Waals surface area (Å²) in [5.74, 6) is 0.284. The van der Waals surface area contributed by atoms with E-state index in [1.165, 1.54) is 6.20 Å². The van der Waals surface area contributed by atoms with Crippen LogP contribution in [0.2, 0.25) is 5.02 Å². The Balaban J connectivity index is 3.13. The molecular weight excluding hydrogens is 263 g/mol. The SMILES string of the molecule is CC(C)C(OC(N)=O)c1ncc(Cl)cc1CCl. The molecule has 1 amide bonds. The van der Waals surface area contributed by atoms with Crippen LogP contribution >= 0.6 is 23.2 Å². The highest BCUT2D eigenvalue weighted by Crippen LogP contribution is 2.29. The number of hydrogen-bond donors (Lipinski definition) is 1. The number of hydrogen-bond acceptors (Lipinski definition) is 3. The third-order valence-electron chi connectivity index (χ3n) is 2.23. The highest BCUT2D eigenvalue weighted by molar-refractivity contribution is 6.30. The largest absolute Gasteiger partial charge is 0.440 e. The van der Waals surface area contributed by atoms with Crippen LogP contribution < -0.4 is 5.73 Å². The summed E-state index contributed by atoms with van der Waals surface area (Å²) in [6.45, 7) is 3.81. The molecule has 4 nitrogen and oxygen atoms in total. The molecule has 0 saturated heterocycles. The summed E-state index contributed by atoms with van der Waals surface area (Å²) in [4.78, 5) is 15.0. The van der Waals surface area contributed by atoms with Gasteiger partial charge in [-0.05, 0) is 17.5 Å². The van der Waals surface area contributed by atoms with Gasteiger partial charge in [-0.1, -0.05) is 25.4 Å². The molecule has 6 heteroatoms. The maximum atomic E-state index is 10.9. The summed E-state index contributed by atoms with van der Waals surface area (Å²) >= 11 is 11.7. The molecule has 0 aromatic carbocycles. The van der Waals surface area contributed by atoms with Gasteiger partial charge in [-0.15, -0.1) is 11.6 Å². The number of alkyl halides is 1. The summed E-state index contributed by atoms with van der Waals surface area (Å²) in [7, 11) is 0. The van der Waals surface area contributed by atoms with Crippen LogP contribution in [-0.4, -0.2) is 11.1 Å². The lowest BCUT2D eigenvalue weighted by atomic mass is 10.0. The van der Waals surface area contributed by atoms with Crippen LogP contribution in [0.5, 0.6) is 0 Å². The predicted molar refractivity (Wildman–Crippen MR) is 67.1 cm³/mol. The topological polar surface area (TPSA) is 65.2 Å². The Labute approximate surface area is 110 Å². The van der Waals surface area contributed by atoms with Crippen LogP contribution in [0.15, 0.2) is 12.3 Å². The number of amides is 1. The molecule has 0 bridgehead atoms. The first-order valence-corrected chi connectivity index (χ1v) is 6.03. The van der Waals surface area contributed by atoms with E-state index in [1.807, 2.05) is 13.8 Å². The minimum atomic E-state index is -0.832. The van der Waals surface area contributed by atoms with Crippen molar-refractivity contribution in [3.8, 4) is 0 Å². The molecule has 1 heterocycles. The van der Waals surface area contributed by atoms with Crippen molar-refractivity contribution in [2.24, 2.45) is 11.7 Å². The number of ether oxygens (including phenoxy) is 1. The van der Waals surface area contributed by atoms with Crippen molar-refractivity contribution in [1.82, 2.24) is 4.98 Å². The van der Waals surface area contributed by atoms with Gasteiger partial charge >= 0.3 is 6.09 Å². The normalized spacial score (nSPS) is 12.5. The molecule has 0 spiro atoms. The fourth-order valence-corrected chi connectivity index (χ4v) is 1.88. The van der Waals surface area contributed by atoms with E-state index in [4.69, 9.17) is 33.7 Å². The molecule has 1 aromatic rings. The quantitative estimate of drug-likeness (QED) is 0.859. The maximum absolute atomic E-state index is 10.9. The van der Waals surface area contributed by atoms with Crippen LogP contribution in [0.25, 0.3) is 0 Å². The zero-order chi connectivity index (χ0) is 13.0. The van der Waals surface area contributed by atoms with Gasteiger partial charge in [0, 0.05) is 12.1 Å². The van der Waals surface area contributed by atoms with Crippen molar-refractivity contribution in [1.29, 1.82) is 0 Å². The van der Waals surface area contributed by atoms with Crippen molar-refractivity contribution in [3.05, 3.63) is 28.5 Å². The zero-order valence-corrected chi connectivity index (χ0v) is 11.1. The van der Waals surface area contributed by atoms with Gasteiger partial charge in [0.15, 0.2) is 0 Å². The van der Waals surface area contributed by atoms with Crippen LogP contribution in [0.3, 0.4) is 0 Å². The summed E-state index contributed by atoms with van der Waals surface area (Å²) in [5.41, 5.74) is 6.37. The Morgan fingerprint density at radius 2 is 2.24 bits per heavy atom. The fraction of sp³-hybridized carbons (Fsp3) is 0.455. The van der Waals surface area contributed by atoms with E-state index < -0.39 is 12.2 Å². The van der Waals surface area contributed by atoms with Crippen molar-refractivity contribution < 1.29 is 9.53 Å². The summed E-state index contributed by atoms with van der Waals surface area (Å²) < 4.78 is 5.05. The second-order valence-electron chi connectivity index (χ2n) is 3.93. The van der Waals surface area contributed by atoms with Gasteiger partial charge in [-0.25, -0.2) is 4.79 Å². The van der Waals surface area contributed by atoms with Crippen molar-refractivity contribution in [2.75, 3.05) is 0 Å². The third kappa shape index (κ3) is 3.75. The second-order valence-corrected chi connectivity index (χ2v) is 4.64. The average Bonchev–Trinajstić information content (AvgIpc) is 2.25. The Kier molecular flexibility index (Phi) is 5.02. The third-order valence-corrected chi connectivity index (χ3v) is 2.72. The molecule has 0 fully saturated rings. The lowest BCUT2D eigenvalue weighted by molar-refractivity contribution is 0.0752. The second kappa shape index (κ2) is 6.07. The number of primary amides is 1. The highest BCUT2D eigenvalue weighted by Gasteiger charge is 2.23. The van der Waals surface area contributed by atoms with Gasteiger partial charge < -0.3 is 10.5 Å². The van der Waals surface area contributed by atoms with Crippen LogP contribution in [-0.2, 0) is 10.6 Å². The number of halogens is 2. The molecule has 2 N–H and O–H groups in total. The molecular formula is C11H14Cl2N2O2. The van der Waals surface area contributed by atoms with Crippen LogP contribution in [0.1, 0.15) is 31.2 Å². The minimum absolute atomic E-state index is 0.0399.